The zero-order valence-corrected chi connectivity index (χ0v) is 15.2. The third-order valence-electron chi connectivity index (χ3n) is 2.76. The number of aryl methyl sites for hydroxylation is 1. The molecule has 1 aliphatic rings. The van der Waals surface area contributed by atoms with Crippen molar-refractivity contribution in [3.8, 4) is 0 Å². The Bertz CT molecular complexity index is 504. The molecule has 0 aliphatic carbocycles. The fourth-order valence-electron chi connectivity index (χ4n) is 1.80. The van der Waals surface area contributed by atoms with Gasteiger partial charge in [0.05, 0.1) is 9.74 Å². The van der Waals surface area contributed by atoms with Gasteiger partial charge in [-0.25, -0.2) is 10.5 Å². The van der Waals surface area contributed by atoms with Crippen LogP contribution in [0.2, 0.25) is 0 Å². The fourth-order valence-corrected chi connectivity index (χ4v) is 2.44. The van der Waals surface area contributed by atoms with Crippen LogP contribution in [-0.4, -0.2) is 21.8 Å². The molecule has 1 atom stereocenters. The van der Waals surface area contributed by atoms with Crippen LogP contribution in [-0.2, 0) is 37.5 Å². The first-order chi connectivity index (χ1) is 8.00. The molecule has 0 bridgehead atoms. The monoisotopic (exact) mass is 433 g/mol. The predicted octanol–water partition coefficient (Wildman–Crippen LogP) is 2.94. The predicted molar refractivity (Wildman–Crippen MR) is 73.0 cm³/mol. The van der Waals surface area contributed by atoms with Gasteiger partial charge in [0.25, 0.3) is 0 Å². The van der Waals surface area contributed by atoms with Crippen LogP contribution in [0.3, 0.4) is 0 Å². The second-order valence-corrected chi connectivity index (χ2v) is 5.58. The average molecular weight is 433 g/mol. The molecule has 1 aromatic carbocycles. The molecule has 1 amide bonds. The SMILES string of the molecule is Cc1ccc(C2=[C-]CC(I)C(=O)N2C)c(F)c1.[Y]. The van der Waals surface area contributed by atoms with Gasteiger partial charge < -0.3 is 4.90 Å². The van der Waals surface area contributed by atoms with Crippen molar-refractivity contribution in [2.45, 2.75) is 17.3 Å². The molecule has 1 heterocycles. The van der Waals surface area contributed by atoms with Gasteiger partial charge in [-0.3, -0.25) is 4.79 Å². The van der Waals surface area contributed by atoms with Crippen LogP contribution in [0.4, 0.5) is 4.39 Å². The zero-order valence-electron chi connectivity index (χ0n) is 10.2. The van der Waals surface area contributed by atoms with Gasteiger partial charge in [0.15, 0.2) is 0 Å². The molecule has 1 aliphatic heterocycles. The maximum atomic E-state index is 13.8. The molecule has 0 aromatic heterocycles. The van der Waals surface area contributed by atoms with Gasteiger partial charge in [0, 0.05) is 39.8 Å². The molecule has 2 rings (SSSR count). The number of alkyl halides is 1. The Balaban J connectivity index is 0.00000162. The van der Waals surface area contributed by atoms with Crippen molar-refractivity contribution in [2.24, 2.45) is 0 Å². The minimum Gasteiger partial charge on any atom is -0.349 e. The molecule has 2 nitrogen and oxygen atoms in total. The van der Waals surface area contributed by atoms with Gasteiger partial charge in [-0.2, -0.15) is 0 Å². The summed E-state index contributed by atoms with van der Waals surface area (Å²) >= 11 is 2.08. The van der Waals surface area contributed by atoms with E-state index in [2.05, 4.69) is 28.7 Å². The maximum Gasteiger partial charge on any atom is 0.235 e. The fraction of sp³-hybridized carbons (Fsp3) is 0.308. The summed E-state index contributed by atoms with van der Waals surface area (Å²) in [6, 6.07) is 5.00. The largest absolute Gasteiger partial charge is 0.349 e. The summed E-state index contributed by atoms with van der Waals surface area (Å²) in [6.07, 6.45) is 3.63. The molecule has 5 heteroatoms. The number of nitrogens with zero attached hydrogens (tertiary/aromatic N) is 1. The van der Waals surface area contributed by atoms with Gasteiger partial charge in [-0.1, -0.05) is 40.6 Å². The Morgan fingerprint density at radius 1 is 1.50 bits per heavy atom. The van der Waals surface area contributed by atoms with E-state index in [1.807, 2.05) is 13.0 Å². The van der Waals surface area contributed by atoms with Crippen LogP contribution in [0.5, 0.6) is 0 Å². The first kappa shape index (κ1) is 16.2. The van der Waals surface area contributed by atoms with E-state index in [1.54, 1.807) is 13.1 Å². The topological polar surface area (TPSA) is 20.3 Å². The number of benzene rings is 1. The molecule has 0 saturated carbocycles. The van der Waals surface area contributed by atoms with Crippen molar-refractivity contribution < 1.29 is 41.9 Å². The Kier molecular flexibility index (Phi) is 5.93. The van der Waals surface area contributed by atoms with E-state index >= 15 is 0 Å². The second kappa shape index (κ2) is 6.57. The smallest absolute Gasteiger partial charge is 0.235 e. The Morgan fingerprint density at radius 2 is 2.17 bits per heavy atom. The number of carbonyl (C=O) groups is 1. The van der Waals surface area contributed by atoms with Crippen molar-refractivity contribution in [3.63, 3.8) is 0 Å². The summed E-state index contributed by atoms with van der Waals surface area (Å²) in [6.45, 7) is 1.83. The van der Waals surface area contributed by atoms with E-state index in [9.17, 15) is 9.18 Å². The third-order valence-corrected chi connectivity index (χ3v) is 3.74. The minimum atomic E-state index is -0.306. The summed E-state index contributed by atoms with van der Waals surface area (Å²) in [5.41, 5.74) is 1.85. The van der Waals surface area contributed by atoms with Crippen LogP contribution in [0.25, 0.3) is 5.70 Å². The quantitative estimate of drug-likeness (QED) is 0.379. The van der Waals surface area contributed by atoms with Gasteiger partial charge >= 0.3 is 0 Å². The van der Waals surface area contributed by atoms with Crippen molar-refractivity contribution in [1.29, 1.82) is 0 Å². The van der Waals surface area contributed by atoms with Gasteiger partial charge in [-0.15, -0.1) is 17.3 Å². The van der Waals surface area contributed by atoms with E-state index in [-0.39, 0.29) is 48.4 Å². The Hall–Kier alpha value is 0.194. The van der Waals surface area contributed by atoms with E-state index in [0.29, 0.717) is 17.7 Å². The standard InChI is InChI=1S/C13H12FINO.Y/c1-8-3-4-9(10(14)7-8)12-6-5-11(15)13(17)16(12)2;/h3-4,7,11H,5H2,1-2H3;/q-1;. The minimum absolute atomic E-state index is 0. The van der Waals surface area contributed by atoms with E-state index in [0.717, 1.165) is 5.56 Å². The number of hydrogen-bond acceptors (Lipinski definition) is 1. The number of amides is 1. The maximum absolute atomic E-state index is 13.8. The molecule has 1 radical (unpaired) electrons. The summed E-state index contributed by atoms with van der Waals surface area (Å²) in [5.74, 6) is -0.307. The van der Waals surface area contributed by atoms with Crippen molar-refractivity contribution in [3.05, 3.63) is 41.2 Å². The summed E-state index contributed by atoms with van der Waals surface area (Å²) in [7, 11) is 1.66. The molecule has 1 unspecified atom stereocenters. The molecule has 1 aromatic rings. The molecule has 18 heavy (non-hydrogen) atoms. The van der Waals surface area contributed by atoms with Crippen LogP contribution < -0.4 is 0 Å². The molecule has 0 fully saturated rings. The third kappa shape index (κ3) is 3.20. The number of carbonyl (C=O) groups excluding carboxylic acids is 1. The van der Waals surface area contributed by atoms with E-state index in [4.69, 9.17) is 0 Å². The van der Waals surface area contributed by atoms with Crippen LogP contribution in [0.1, 0.15) is 17.5 Å². The van der Waals surface area contributed by atoms with Crippen LogP contribution in [0.15, 0.2) is 18.2 Å². The Morgan fingerprint density at radius 3 is 2.78 bits per heavy atom. The van der Waals surface area contributed by atoms with Gasteiger partial charge in [-0.05, 0) is 13.0 Å². The number of halogens is 2. The van der Waals surface area contributed by atoms with Gasteiger partial charge in [0.1, 0.15) is 0 Å². The number of rotatable bonds is 1. The molecule has 93 valence electrons. The second-order valence-electron chi connectivity index (χ2n) is 4.08. The molecular weight excluding hydrogens is 421 g/mol. The van der Waals surface area contributed by atoms with Gasteiger partial charge in [0.2, 0.25) is 5.91 Å². The first-order valence-corrected chi connectivity index (χ1v) is 6.54. The van der Waals surface area contributed by atoms with E-state index in [1.165, 1.54) is 11.0 Å². The summed E-state index contributed by atoms with van der Waals surface area (Å²) in [5, 5.41) is 0. The molecular formula is C13H12FINOY-. The zero-order chi connectivity index (χ0) is 12.6. The summed E-state index contributed by atoms with van der Waals surface area (Å²) in [4.78, 5) is 13.3. The van der Waals surface area contributed by atoms with E-state index < -0.39 is 0 Å². The van der Waals surface area contributed by atoms with Crippen LogP contribution in [0, 0.1) is 18.8 Å². The Labute approximate surface area is 145 Å². The molecule has 0 saturated heterocycles. The normalized spacial score (nSPS) is 19.3. The summed E-state index contributed by atoms with van der Waals surface area (Å²) < 4.78 is 13.7. The average Bonchev–Trinajstić information content (AvgIpc) is 2.28. The van der Waals surface area contributed by atoms with Crippen LogP contribution >= 0.6 is 22.6 Å². The van der Waals surface area contributed by atoms with Crippen molar-refractivity contribution in [1.82, 2.24) is 4.90 Å². The first-order valence-electron chi connectivity index (χ1n) is 5.29. The number of hydrogen-bond donors (Lipinski definition) is 0. The molecule has 0 spiro atoms. The molecule has 0 N–H and O–H groups in total. The van der Waals surface area contributed by atoms with Crippen molar-refractivity contribution >= 4 is 34.2 Å². The van der Waals surface area contributed by atoms with Crippen molar-refractivity contribution in [2.75, 3.05) is 7.05 Å². The number of allylic oxidation sites excluding steroid dienone is 1.